The predicted octanol–water partition coefficient (Wildman–Crippen LogP) is 1.52. The molecule has 0 unspecified atom stereocenters. The van der Waals surface area contributed by atoms with Crippen LogP contribution in [0.15, 0.2) is 18.2 Å². The van der Waals surface area contributed by atoms with E-state index in [0.29, 0.717) is 0 Å². The van der Waals surface area contributed by atoms with Gasteiger partial charge in [-0.15, -0.1) is 0 Å². The first kappa shape index (κ1) is 13.3. The van der Waals surface area contributed by atoms with E-state index in [1.54, 1.807) is 11.9 Å². The number of aromatic carboxylic acids is 1. The molecule has 2 rings (SSSR count). The maximum Gasteiger partial charge on any atom is 0.335 e. The number of rotatable bonds is 5. The number of amides is 1. The van der Waals surface area contributed by atoms with Crippen LogP contribution in [0.25, 0.3) is 0 Å². The van der Waals surface area contributed by atoms with Gasteiger partial charge in [-0.2, -0.15) is 0 Å². The van der Waals surface area contributed by atoms with E-state index in [0.717, 1.165) is 18.9 Å². The molecular weight excluding hydrogens is 253 g/mol. The second-order valence-corrected chi connectivity index (χ2v) is 4.47. The minimum atomic E-state index is -1.21. The standard InChI is InChI=1S/C13H14FNO4/c1-15(9-3-4-9)12(16)7-19-11-5-2-8(13(17)18)6-10(11)14/h2,5-6,9H,3-4,7H2,1H3,(H,17,18). The number of nitrogens with zero attached hydrogens (tertiary/aromatic N) is 1. The van der Waals surface area contributed by atoms with Gasteiger partial charge in [-0.25, -0.2) is 9.18 Å². The molecule has 0 spiro atoms. The van der Waals surface area contributed by atoms with Crippen molar-refractivity contribution >= 4 is 11.9 Å². The first-order valence-electron chi connectivity index (χ1n) is 5.90. The van der Waals surface area contributed by atoms with Crippen LogP contribution in [-0.2, 0) is 4.79 Å². The molecule has 6 heteroatoms. The lowest BCUT2D eigenvalue weighted by atomic mass is 10.2. The second-order valence-electron chi connectivity index (χ2n) is 4.47. The van der Waals surface area contributed by atoms with E-state index in [-0.39, 0.29) is 29.9 Å². The summed E-state index contributed by atoms with van der Waals surface area (Å²) in [4.78, 5) is 23.9. The molecule has 0 heterocycles. The zero-order chi connectivity index (χ0) is 14.0. The molecule has 1 N–H and O–H groups in total. The molecule has 0 atom stereocenters. The Hall–Kier alpha value is -2.11. The number of carboxylic acids is 1. The van der Waals surface area contributed by atoms with Gasteiger partial charge in [0.2, 0.25) is 0 Å². The zero-order valence-electron chi connectivity index (χ0n) is 10.4. The second kappa shape index (κ2) is 5.26. The van der Waals surface area contributed by atoms with Gasteiger partial charge in [0.25, 0.3) is 5.91 Å². The summed E-state index contributed by atoms with van der Waals surface area (Å²) in [5, 5.41) is 8.69. The Morgan fingerprint density at radius 1 is 1.47 bits per heavy atom. The molecule has 1 aromatic rings. The number of hydrogen-bond acceptors (Lipinski definition) is 3. The van der Waals surface area contributed by atoms with Crippen LogP contribution in [-0.4, -0.2) is 41.6 Å². The van der Waals surface area contributed by atoms with Crippen LogP contribution in [0.4, 0.5) is 4.39 Å². The first-order chi connectivity index (χ1) is 8.99. The van der Waals surface area contributed by atoms with Gasteiger partial charge in [0, 0.05) is 13.1 Å². The Bertz CT molecular complexity index is 513. The average Bonchev–Trinajstić information content (AvgIpc) is 3.20. The quantitative estimate of drug-likeness (QED) is 0.878. The van der Waals surface area contributed by atoms with E-state index in [1.165, 1.54) is 12.1 Å². The smallest absolute Gasteiger partial charge is 0.335 e. The Morgan fingerprint density at radius 3 is 2.68 bits per heavy atom. The third kappa shape index (κ3) is 3.21. The fourth-order valence-electron chi connectivity index (χ4n) is 1.66. The van der Waals surface area contributed by atoms with Gasteiger partial charge in [-0.1, -0.05) is 0 Å². The summed E-state index contributed by atoms with van der Waals surface area (Å²) in [6.07, 6.45) is 1.98. The van der Waals surface area contributed by atoms with E-state index in [4.69, 9.17) is 9.84 Å². The molecule has 1 aromatic carbocycles. The highest BCUT2D eigenvalue weighted by molar-refractivity contribution is 5.87. The molecular formula is C13H14FNO4. The number of benzene rings is 1. The van der Waals surface area contributed by atoms with Gasteiger partial charge >= 0.3 is 5.97 Å². The van der Waals surface area contributed by atoms with Crippen LogP contribution in [0.2, 0.25) is 0 Å². The van der Waals surface area contributed by atoms with Gasteiger partial charge in [0.1, 0.15) is 0 Å². The monoisotopic (exact) mass is 267 g/mol. The Labute approximate surface area is 109 Å². The van der Waals surface area contributed by atoms with Crippen LogP contribution in [0.3, 0.4) is 0 Å². The molecule has 1 aliphatic carbocycles. The van der Waals surface area contributed by atoms with E-state index in [9.17, 15) is 14.0 Å². The number of ether oxygens (including phenoxy) is 1. The number of halogens is 1. The number of carboxylic acid groups (broad SMARTS) is 1. The molecule has 102 valence electrons. The van der Waals surface area contributed by atoms with Crippen molar-refractivity contribution < 1.29 is 23.8 Å². The van der Waals surface area contributed by atoms with E-state index in [1.807, 2.05) is 0 Å². The van der Waals surface area contributed by atoms with Crippen molar-refractivity contribution in [2.75, 3.05) is 13.7 Å². The highest BCUT2D eigenvalue weighted by atomic mass is 19.1. The fraction of sp³-hybridized carbons (Fsp3) is 0.385. The van der Waals surface area contributed by atoms with Gasteiger partial charge in [-0.05, 0) is 31.0 Å². The number of likely N-dealkylation sites (N-methyl/N-ethyl adjacent to an activating group) is 1. The van der Waals surface area contributed by atoms with Crippen LogP contribution in [0, 0.1) is 5.82 Å². The zero-order valence-corrected chi connectivity index (χ0v) is 10.4. The van der Waals surface area contributed by atoms with Gasteiger partial charge in [0.05, 0.1) is 5.56 Å². The van der Waals surface area contributed by atoms with Crippen molar-refractivity contribution in [2.24, 2.45) is 0 Å². The fourth-order valence-corrected chi connectivity index (χ4v) is 1.66. The normalized spacial score (nSPS) is 14.0. The highest BCUT2D eigenvalue weighted by Gasteiger charge is 2.29. The van der Waals surface area contributed by atoms with Crippen LogP contribution >= 0.6 is 0 Å². The number of carbonyl (C=O) groups is 2. The largest absolute Gasteiger partial charge is 0.481 e. The molecule has 1 fully saturated rings. The topological polar surface area (TPSA) is 66.8 Å². The SMILES string of the molecule is CN(C(=O)COc1ccc(C(=O)O)cc1F)C1CC1. The van der Waals surface area contributed by atoms with Gasteiger partial charge in [-0.3, -0.25) is 4.79 Å². The average molecular weight is 267 g/mol. The summed E-state index contributed by atoms with van der Waals surface area (Å²) in [6.45, 7) is -0.254. The first-order valence-corrected chi connectivity index (χ1v) is 5.90. The Morgan fingerprint density at radius 2 is 2.16 bits per heavy atom. The summed E-state index contributed by atoms with van der Waals surface area (Å²) in [5.74, 6) is -2.34. The van der Waals surface area contributed by atoms with Crippen LogP contribution in [0.1, 0.15) is 23.2 Å². The van der Waals surface area contributed by atoms with Crippen LogP contribution < -0.4 is 4.74 Å². The Balaban J connectivity index is 1.95. The summed E-state index contributed by atoms with van der Waals surface area (Å²) in [7, 11) is 1.69. The lowest BCUT2D eigenvalue weighted by molar-refractivity contribution is -0.132. The van der Waals surface area contributed by atoms with E-state index < -0.39 is 11.8 Å². The lowest BCUT2D eigenvalue weighted by Gasteiger charge is -2.16. The van der Waals surface area contributed by atoms with Crippen LogP contribution in [0.5, 0.6) is 5.75 Å². The summed E-state index contributed by atoms with van der Waals surface area (Å²) < 4.78 is 18.6. The minimum absolute atomic E-state index is 0.123. The highest BCUT2D eigenvalue weighted by Crippen LogP contribution is 2.25. The molecule has 1 amide bonds. The van der Waals surface area contributed by atoms with Gasteiger partial charge < -0.3 is 14.7 Å². The van der Waals surface area contributed by atoms with Crippen molar-refractivity contribution in [2.45, 2.75) is 18.9 Å². The molecule has 0 bridgehead atoms. The third-order valence-electron chi connectivity index (χ3n) is 3.02. The van der Waals surface area contributed by atoms with E-state index in [2.05, 4.69) is 0 Å². The molecule has 1 saturated carbocycles. The molecule has 1 aliphatic rings. The molecule has 0 aromatic heterocycles. The van der Waals surface area contributed by atoms with Crippen molar-refractivity contribution in [3.05, 3.63) is 29.6 Å². The molecule has 5 nitrogen and oxygen atoms in total. The van der Waals surface area contributed by atoms with Crippen molar-refractivity contribution in [3.8, 4) is 5.75 Å². The van der Waals surface area contributed by atoms with Crippen molar-refractivity contribution in [1.29, 1.82) is 0 Å². The number of hydrogen-bond donors (Lipinski definition) is 1. The summed E-state index contributed by atoms with van der Waals surface area (Å²) in [5.41, 5.74) is -0.161. The van der Waals surface area contributed by atoms with Crippen molar-refractivity contribution in [1.82, 2.24) is 4.90 Å². The minimum Gasteiger partial charge on any atom is -0.481 e. The van der Waals surface area contributed by atoms with E-state index >= 15 is 0 Å². The third-order valence-corrected chi connectivity index (χ3v) is 3.02. The summed E-state index contributed by atoms with van der Waals surface area (Å²) in [6, 6.07) is 3.58. The van der Waals surface area contributed by atoms with Crippen molar-refractivity contribution in [3.63, 3.8) is 0 Å². The molecule has 0 saturated heterocycles. The maximum absolute atomic E-state index is 13.5. The molecule has 0 radical (unpaired) electrons. The number of carbonyl (C=O) groups excluding carboxylic acids is 1. The Kier molecular flexibility index (Phi) is 3.69. The summed E-state index contributed by atoms with van der Waals surface area (Å²) >= 11 is 0. The predicted molar refractivity (Wildman–Crippen MR) is 64.6 cm³/mol. The molecule has 0 aliphatic heterocycles. The van der Waals surface area contributed by atoms with Gasteiger partial charge in [0.15, 0.2) is 18.2 Å². The maximum atomic E-state index is 13.5. The lowest BCUT2D eigenvalue weighted by Crippen LogP contribution is -2.33. The molecule has 19 heavy (non-hydrogen) atoms.